The molecule has 0 aromatic rings. The maximum atomic E-state index is 12.3. The van der Waals surface area contributed by atoms with Crippen LogP contribution in [0.4, 0.5) is 0 Å². The van der Waals surface area contributed by atoms with Crippen LogP contribution in [0.15, 0.2) is 11.6 Å². The van der Waals surface area contributed by atoms with Gasteiger partial charge in [-0.2, -0.15) is 0 Å². The van der Waals surface area contributed by atoms with Gasteiger partial charge in [-0.05, 0) is 43.1 Å². The second-order valence-electron chi connectivity index (χ2n) is 5.77. The Bertz CT molecular complexity index is 286. The Morgan fingerprint density at radius 3 is 2.73 bits per heavy atom. The average molecular weight is 206 g/mol. The molecule has 2 aliphatic rings. The second-order valence-corrected chi connectivity index (χ2v) is 5.77. The van der Waals surface area contributed by atoms with E-state index in [0.29, 0.717) is 11.7 Å². The molecule has 1 heteroatoms. The molecule has 15 heavy (non-hydrogen) atoms. The molecule has 2 aliphatic carbocycles. The smallest absolute Gasteiger partial charge is 0.162 e. The third kappa shape index (κ3) is 2.16. The van der Waals surface area contributed by atoms with E-state index in [1.807, 2.05) is 0 Å². The molecular weight excluding hydrogens is 184 g/mol. The van der Waals surface area contributed by atoms with Crippen LogP contribution in [0.25, 0.3) is 0 Å². The fraction of sp³-hybridized carbons (Fsp3) is 0.786. The van der Waals surface area contributed by atoms with Crippen molar-refractivity contribution in [1.82, 2.24) is 0 Å². The molecule has 0 radical (unpaired) electrons. The fourth-order valence-electron chi connectivity index (χ4n) is 3.10. The Labute approximate surface area is 92.9 Å². The minimum absolute atomic E-state index is 0.235. The van der Waals surface area contributed by atoms with Crippen LogP contribution in [-0.2, 0) is 4.79 Å². The van der Waals surface area contributed by atoms with E-state index in [2.05, 4.69) is 19.9 Å². The molecule has 1 fully saturated rings. The van der Waals surface area contributed by atoms with Crippen molar-refractivity contribution in [2.24, 2.45) is 11.3 Å². The second kappa shape index (κ2) is 4.11. The van der Waals surface area contributed by atoms with Crippen molar-refractivity contribution in [3.8, 4) is 0 Å². The van der Waals surface area contributed by atoms with E-state index in [1.54, 1.807) is 0 Å². The molecule has 0 N–H and O–H groups in total. The third-order valence-electron chi connectivity index (χ3n) is 4.18. The molecule has 1 saturated carbocycles. The number of hydrogen-bond donors (Lipinski definition) is 0. The molecule has 0 bridgehead atoms. The Hall–Kier alpha value is -0.590. The summed E-state index contributed by atoms with van der Waals surface area (Å²) in [7, 11) is 0. The summed E-state index contributed by atoms with van der Waals surface area (Å²) in [6, 6.07) is 0. The van der Waals surface area contributed by atoms with Gasteiger partial charge in [0, 0.05) is 5.92 Å². The summed E-state index contributed by atoms with van der Waals surface area (Å²) >= 11 is 0. The number of allylic oxidation sites excluding steroid dienone is 2. The van der Waals surface area contributed by atoms with E-state index in [4.69, 9.17) is 0 Å². The maximum Gasteiger partial charge on any atom is 0.162 e. The van der Waals surface area contributed by atoms with E-state index < -0.39 is 0 Å². The van der Waals surface area contributed by atoms with Crippen LogP contribution in [0, 0.1) is 11.3 Å². The van der Waals surface area contributed by atoms with Gasteiger partial charge in [0.2, 0.25) is 0 Å². The van der Waals surface area contributed by atoms with Crippen molar-refractivity contribution in [1.29, 1.82) is 0 Å². The van der Waals surface area contributed by atoms with E-state index in [0.717, 1.165) is 24.8 Å². The van der Waals surface area contributed by atoms with Crippen LogP contribution in [0.3, 0.4) is 0 Å². The van der Waals surface area contributed by atoms with Crippen molar-refractivity contribution >= 4 is 5.78 Å². The molecule has 1 unspecified atom stereocenters. The van der Waals surface area contributed by atoms with Crippen molar-refractivity contribution in [2.75, 3.05) is 0 Å². The molecule has 0 heterocycles. The van der Waals surface area contributed by atoms with Gasteiger partial charge in [-0.25, -0.2) is 0 Å². The van der Waals surface area contributed by atoms with E-state index >= 15 is 0 Å². The molecule has 0 saturated heterocycles. The van der Waals surface area contributed by atoms with Crippen molar-refractivity contribution in [2.45, 2.75) is 58.8 Å². The van der Waals surface area contributed by atoms with Crippen LogP contribution >= 0.6 is 0 Å². The van der Waals surface area contributed by atoms with E-state index in [9.17, 15) is 4.79 Å². The summed E-state index contributed by atoms with van der Waals surface area (Å²) in [4.78, 5) is 12.3. The lowest BCUT2D eigenvalue weighted by molar-refractivity contribution is -0.124. The standard InChI is InChI=1S/C14H22O/c1-14(2)10-6-5-9-12(14)13(15)11-7-3-4-8-11/h7,12H,3-6,8-10H2,1-2H3. The van der Waals surface area contributed by atoms with Gasteiger partial charge in [0.05, 0.1) is 0 Å². The monoisotopic (exact) mass is 206 g/mol. The zero-order valence-electron chi connectivity index (χ0n) is 10.0. The largest absolute Gasteiger partial charge is 0.294 e. The lowest BCUT2D eigenvalue weighted by Crippen LogP contribution is -2.34. The lowest BCUT2D eigenvalue weighted by Gasteiger charge is -2.37. The number of carbonyl (C=O) groups excluding carboxylic acids is 1. The molecule has 0 amide bonds. The SMILES string of the molecule is CC1(C)CCCCC1C(=O)C1=CCCC1. The van der Waals surface area contributed by atoms with Gasteiger partial charge in [-0.3, -0.25) is 4.79 Å². The highest BCUT2D eigenvalue weighted by molar-refractivity contribution is 5.98. The Morgan fingerprint density at radius 1 is 1.33 bits per heavy atom. The summed E-state index contributed by atoms with van der Waals surface area (Å²) in [6.45, 7) is 4.54. The quantitative estimate of drug-likeness (QED) is 0.670. The summed E-state index contributed by atoms with van der Waals surface area (Å²) in [5, 5.41) is 0. The normalized spacial score (nSPS) is 30.0. The highest BCUT2D eigenvalue weighted by atomic mass is 16.1. The highest BCUT2D eigenvalue weighted by Gasteiger charge is 2.38. The van der Waals surface area contributed by atoms with Gasteiger partial charge in [-0.15, -0.1) is 0 Å². The summed E-state index contributed by atoms with van der Waals surface area (Å²) in [6.07, 6.45) is 10.4. The minimum atomic E-state index is 0.235. The summed E-state index contributed by atoms with van der Waals surface area (Å²) < 4.78 is 0. The Kier molecular flexibility index (Phi) is 2.99. The van der Waals surface area contributed by atoms with Gasteiger partial charge >= 0.3 is 0 Å². The summed E-state index contributed by atoms with van der Waals surface area (Å²) in [5.41, 5.74) is 1.37. The van der Waals surface area contributed by atoms with Crippen LogP contribution in [0.5, 0.6) is 0 Å². The number of carbonyl (C=O) groups is 1. The van der Waals surface area contributed by atoms with E-state index in [-0.39, 0.29) is 5.41 Å². The molecular formula is C14H22O. The predicted molar refractivity (Wildman–Crippen MR) is 62.7 cm³/mol. The first-order valence-electron chi connectivity index (χ1n) is 6.34. The molecule has 1 atom stereocenters. The van der Waals surface area contributed by atoms with Crippen LogP contribution in [-0.4, -0.2) is 5.78 Å². The van der Waals surface area contributed by atoms with Crippen LogP contribution < -0.4 is 0 Å². The highest BCUT2D eigenvalue weighted by Crippen LogP contribution is 2.42. The number of Topliss-reactive ketones (excluding diaryl/α,β-unsaturated/α-hetero) is 1. The van der Waals surface area contributed by atoms with Crippen LogP contribution in [0.1, 0.15) is 58.8 Å². The van der Waals surface area contributed by atoms with Crippen LogP contribution in [0.2, 0.25) is 0 Å². The first kappa shape index (κ1) is 10.9. The molecule has 0 spiro atoms. The predicted octanol–water partition coefficient (Wildman–Crippen LogP) is 3.88. The third-order valence-corrected chi connectivity index (χ3v) is 4.18. The molecule has 0 aliphatic heterocycles. The van der Waals surface area contributed by atoms with Crippen molar-refractivity contribution in [3.05, 3.63) is 11.6 Å². The van der Waals surface area contributed by atoms with Gasteiger partial charge in [0.1, 0.15) is 0 Å². The molecule has 0 aromatic heterocycles. The lowest BCUT2D eigenvalue weighted by atomic mass is 9.66. The zero-order chi connectivity index (χ0) is 10.9. The van der Waals surface area contributed by atoms with Gasteiger partial charge < -0.3 is 0 Å². The number of ketones is 1. The fourth-order valence-corrected chi connectivity index (χ4v) is 3.10. The van der Waals surface area contributed by atoms with Gasteiger partial charge in [0.15, 0.2) is 5.78 Å². The average Bonchev–Trinajstić information content (AvgIpc) is 2.69. The minimum Gasteiger partial charge on any atom is -0.294 e. The molecule has 2 rings (SSSR count). The Balaban J connectivity index is 2.11. The van der Waals surface area contributed by atoms with Crippen molar-refractivity contribution < 1.29 is 4.79 Å². The van der Waals surface area contributed by atoms with E-state index in [1.165, 1.54) is 25.7 Å². The first-order chi connectivity index (χ1) is 7.11. The number of rotatable bonds is 2. The number of hydrogen-bond acceptors (Lipinski definition) is 1. The Morgan fingerprint density at radius 2 is 2.13 bits per heavy atom. The maximum absolute atomic E-state index is 12.3. The molecule has 84 valence electrons. The van der Waals surface area contributed by atoms with Crippen molar-refractivity contribution in [3.63, 3.8) is 0 Å². The van der Waals surface area contributed by atoms with Gasteiger partial charge in [-0.1, -0.05) is 32.8 Å². The summed E-state index contributed by atoms with van der Waals surface area (Å²) in [5.74, 6) is 0.771. The van der Waals surface area contributed by atoms with Gasteiger partial charge in [0.25, 0.3) is 0 Å². The topological polar surface area (TPSA) is 17.1 Å². The zero-order valence-corrected chi connectivity index (χ0v) is 10.0. The first-order valence-corrected chi connectivity index (χ1v) is 6.34. The molecule has 1 nitrogen and oxygen atoms in total. The molecule has 0 aromatic carbocycles.